The molecule has 0 aliphatic carbocycles. The molecule has 0 saturated heterocycles. The fraction of sp³-hybridized carbons (Fsp3) is 0.286. The van der Waals surface area contributed by atoms with Crippen LogP contribution >= 0.6 is 12.2 Å². The van der Waals surface area contributed by atoms with E-state index in [0.717, 1.165) is 29.3 Å². The molecule has 0 unspecified atom stereocenters. The normalized spacial score (nSPS) is 10.3. The van der Waals surface area contributed by atoms with Crippen molar-refractivity contribution in [3.05, 3.63) is 52.1 Å². The van der Waals surface area contributed by atoms with Crippen LogP contribution < -0.4 is 4.74 Å². The molecule has 0 radical (unpaired) electrons. The lowest BCUT2D eigenvalue weighted by molar-refractivity contribution is 0.410. The zero-order valence-electron chi connectivity index (χ0n) is 10.6. The van der Waals surface area contributed by atoms with Gasteiger partial charge in [-0.15, -0.1) is 0 Å². The predicted octanol–water partition coefficient (Wildman–Crippen LogP) is 3.30. The van der Waals surface area contributed by atoms with E-state index < -0.39 is 0 Å². The Bertz CT molecular complexity index is 592. The molecule has 0 spiro atoms. The summed E-state index contributed by atoms with van der Waals surface area (Å²) in [4.78, 5) is 7.66. The summed E-state index contributed by atoms with van der Waals surface area (Å²) in [6.07, 6.45) is 1.62. The smallest absolute Gasteiger partial charge is 0.130 e. The highest BCUT2D eigenvalue weighted by Gasteiger charge is 2.05. The molecular weight excluding hydrogens is 244 g/mol. The number of methoxy groups -OCH3 is 1. The maximum absolute atomic E-state index is 5.34. The maximum atomic E-state index is 5.34. The van der Waals surface area contributed by atoms with E-state index in [1.54, 1.807) is 7.11 Å². The summed E-state index contributed by atoms with van der Waals surface area (Å²) in [5, 5.41) is 0. The summed E-state index contributed by atoms with van der Waals surface area (Å²) >= 11 is 5.17. The number of rotatable bonds is 4. The van der Waals surface area contributed by atoms with Gasteiger partial charge in [-0.2, -0.15) is 0 Å². The van der Waals surface area contributed by atoms with Gasteiger partial charge in [-0.25, -0.2) is 4.98 Å². The molecule has 0 aliphatic heterocycles. The molecule has 0 saturated carbocycles. The largest absolute Gasteiger partial charge is 0.496 e. The molecule has 1 aromatic heterocycles. The molecule has 1 N–H and O–H groups in total. The highest BCUT2D eigenvalue weighted by Crippen LogP contribution is 2.19. The monoisotopic (exact) mass is 260 g/mol. The number of aromatic amines is 1. The molecule has 0 aliphatic rings. The van der Waals surface area contributed by atoms with Crippen molar-refractivity contribution in [1.82, 2.24) is 9.97 Å². The van der Waals surface area contributed by atoms with E-state index in [1.165, 1.54) is 0 Å². The van der Waals surface area contributed by atoms with E-state index in [9.17, 15) is 0 Å². The van der Waals surface area contributed by atoms with Crippen molar-refractivity contribution in [3.63, 3.8) is 0 Å². The summed E-state index contributed by atoms with van der Waals surface area (Å²) in [6, 6.07) is 9.85. The number of aromatic nitrogens is 2. The third-order valence-electron chi connectivity index (χ3n) is 2.78. The van der Waals surface area contributed by atoms with Crippen LogP contribution in [-0.4, -0.2) is 17.1 Å². The molecule has 2 aromatic rings. The van der Waals surface area contributed by atoms with Gasteiger partial charge in [-0.3, -0.25) is 0 Å². The summed E-state index contributed by atoms with van der Waals surface area (Å²) in [5.41, 5.74) is 2.21. The number of benzene rings is 1. The van der Waals surface area contributed by atoms with E-state index in [0.29, 0.717) is 11.1 Å². The van der Waals surface area contributed by atoms with Crippen LogP contribution in [0.2, 0.25) is 0 Å². The van der Waals surface area contributed by atoms with E-state index in [4.69, 9.17) is 17.0 Å². The molecule has 0 bridgehead atoms. The number of para-hydroxylation sites is 1. The Balaban J connectivity index is 2.33. The first-order chi connectivity index (χ1) is 8.72. The number of hydrogen-bond acceptors (Lipinski definition) is 3. The first-order valence-corrected chi connectivity index (χ1v) is 6.34. The lowest BCUT2D eigenvalue weighted by Gasteiger charge is -2.08. The zero-order valence-corrected chi connectivity index (χ0v) is 11.4. The standard InChI is InChI=1S/C14H16N2OS/c1-3-11-9-14(18)16-13(15-11)8-10-6-4-5-7-12(10)17-2/h4-7,9H,3,8H2,1-2H3,(H,15,16,18). The summed E-state index contributed by atoms with van der Waals surface area (Å²) in [7, 11) is 1.68. The quantitative estimate of drug-likeness (QED) is 0.857. The van der Waals surface area contributed by atoms with Crippen LogP contribution in [0, 0.1) is 4.64 Å². The van der Waals surface area contributed by atoms with E-state index in [2.05, 4.69) is 16.9 Å². The van der Waals surface area contributed by atoms with E-state index in [1.807, 2.05) is 30.3 Å². The molecule has 1 aromatic carbocycles. The number of aryl methyl sites for hydroxylation is 1. The van der Waals surface area contributed by atoms with Gasteiger partial charge in [0.15, 0.2) is 0 Å². The highest BCUT2D eigenvalue weighted by molar-refractivity contribution is 7.71. The third kappa shape index (κ3) is 2.96. The Morgan fingerprint density at radius 1 is 1.33 bits per heavy atom. The van der Waals surface area contributed by atoms with Crippen molar-refractivity contribution in [2.75, 3.05) is 7.11 Å². The van der Waals surface area contributed by atoms with E-state index in [-0.39, 0.29) is 0 Å². The second-order valence-corrected chi connectivity index (χ2v) is 4.45. The predicted molar refractivity (Wildman–Crippen MR) is 74.6 cm³/mol. The Labute approximate surface area is 112 Å². The van der Waals surface area contributed by atoms with Gasteiger partial charge < -0.3 is 9.72 Å². The molecule has 4 heteroatoms. The SMILES string of the molecule is CCc1cc(=S)nc(Cc2ccccc2OC)[nH]1. The van der Waals surface area contributed by atoms with Gasteiger partial charge in [0.1, 0.15) is 16.2 Å². The highest BCUT2D eigenvalue weighted by atomic mass is 32.1. The van der Waals surface area contributed by atoms with Crippen LogP contribution in [0.3, 0.4) is 0 Å². The number of nitrogens with one attached hydrogen (secondary N) is 1. The second-order valence-electron chi connectivity index (χ2n) is 4.03. The van der Waals surface area contributed by atoms with Crippen molar-refractivity contribution in [1.29, 1.82) is 0 Å². The maximum Gasteiger partial charge on any atom is 0.130 e. The molecular formula is C14H16N2OS. The first kappa shape index (κ1) is 12.8. The minimum absolute atomic E-state index is 0.635. The van der Waals surface area contributed by atoms with Crippen LogP contribution in [0.1, 0.15) is 24.0 Å². The Hall–Kier alpha value is -1.68. The lowest BCUT2D eigenvalue weighted by Crippen LogP contribution is -2.01. The van der Waals surface area contributed by atoms with Crippen LogP contribution in [0.25, 0.3) is 0 Å². The third-order valence-corrected chi connectivity index (χ3v) is 2.99. The van der Waals surface area contributed by atoms with Gasteiger partial charge in [0.25, 0.3) is 0 Å². The van der Waals surface area contributed by atoms with Crippen molar-refractivity contribution >= 4 is 12.2 Å². The second kappa shape index (κ2) is 5.78. The molecule has 0 fully saturated rings. The molecule has 0 atom stereocenters. The van der Waals surface area contributed by atoms with Crippen molar-refractivity contribution in [2.45, 2.75) is 19.8 Å². The molecule has 18 heavy (non-hydrogen) atoms. The van der Waals surface area contributed by atoms with Gasteiger partial charge in [0, 0.05) is 17.7 Å². The van der Waals surface area contributed by atoms with Crippen LogP contribution in [0.15, 0.2) is 30.3 Å². The van der Waals surface area contributed by atoms with Crippen molar-refractivity contribution in [3.8, 4) is 5.75 Å². The minimum Gasteiger partial charge on any atom is -0.496 e. The Morgan fingerprint density at radius 3 is 2.83 bits per heavy atom. The summed E-state index contributed by atoms with van der Waals surface area (Å²) in [5.74, 6) is 1.75. The zero-order chi connectivity index (χ0) is 13.0. The lowest BCUT2D eigenvalue weighted by atomic mass is 10.1. The van der Waals surface area contributed by atoms with Gasteiger partial charge in [-0.1, -0.05) is 37.3 Å². The Morgan fingerprint density at radius 2 is 2.11 bits per heavy atom. The minimum atomic E-state index is 0.635. The van der Waals surface area contributed by atoms with Crippen molar-refractivity contribution in [2.24, 2.45) is 0 Å². The summed E-state index contributed by atoms with van der Waals surface area (Å²) in [6.45, 7) is 2.09. The van der Waals surface area contributed by atoms with Crippen LogP contribution in [0.5, 0.6) is 5.75 Å². The topological polar surface area (TPSA) is 37.9 Å². The molecule has 0 amide bonds. The Kier molecular flexibility index (Phi) is 4.10. The number of hydrogen-bond donors (Lipinski definition) is 1. The average molecular weight is 260 g/mol. The van der Waals surface area contributed by atoms with Crippen LogP contribution in [-0.2, 0) is 12.8 Å². The molecule has 1 heterocycles. The fourth-order valence-electron chi connectivity index (χ4n) is 1.87. The van der Waals surface area contributed by atoms with Gasteiger partial charge in [-0.05, 0) is 18.6 Å². The average Bonchev–Trinajstić information content (AvgIpc) is 2.38. The van der Waals surface area contributed by atoms with Gasteiger partial charge in [0.2, 0.25) is 0 Å². The summed E-state index contributed by atoms with van der Waals surface area (Å²) < 4.78 is 5.97. The first-order valence-electron chi connectivity index (χ1n) is 5.94. The van der Waals surface area contributed by atoms with Gasteiger partial charge >= 0.3 is 0 Å². The number of ether oxygens (including phenoxy) is 1. The van der Waals surface area contributed by atoms with Crippen molar-refractivity contribution < 1.29 is 4.74 Å². The van der Waals surface area contributed by atoms with E-state index >= 15 is 0 Å². The number of H-pyrrole nitrogens is 1. The molecule has 3 nitrogen and oxygen atoms in total. The van der Waals surface area contributed by atoms with Gasteiger partial charge in [0.05, 0.1) is 7.11 Å². The molecule has 94 valence electrons. The molecule has 2 rings (SSSR count). The number of nitrogens with zero attached hydrogens (tertiary/aromatic N) is 1. The fourth-order valence-corrected chi connectivity index (χ4v) is 2.12. The van der Waals surface area contributed by atoms with Crippen LogP contribution in [0.4, 0.5) is 0 Å².